The highest BCUT2D eigenvalue weighted by Gasteiger charge is 2.21. The van der Waals surface area contributed by atoms with Crippen LogP contribution in [-0.4, -0.2) is 34.9 Å². The van der Waals surface area contributed by atoms with E-state index in [2.05, 4.69) is 20.6 Å². The second-order valence-corrected chi connectivity index (χ2v) is 5.96. The van der Waals surface area contributed by atoms with Crippen LogP contribution in [0.1, 0.15) is 34.8 Å². The molecular formula is C17H20N4O2. The standard InChI is InChI=1S/C17H20N4O2/c1-17(2,11-20-15(22)13-7-3-5-9-18-13)12-21-16(23)14-8-4-6-10-19-14/h3-10H,11-12H2,1-2H3,(H,20,22)(H,21,23). The molecule has 0 atom stereocenters. The van der Waals surface area contributed by atoms with Crippen molar-refractivity contribution in [3.63, 3.8) is 0 Å². The predicted molar refractivity (Wildman–Crippen MR) is 86.9 cm³/mol. The molecule has 0 aromatic carbocycles. The topological polar surface area (TPSA) is 84.0 Å². The third kappa shape index (κ3) is 5.18. The first-order valence-corrected chi connectivity index (χ1v) is 7.36. The van der Waals surface area contributed by atoms with Gasteiger partial charge in [0.15, 0.2) is 0 Å². The SMILES string of the molecule is CC(C)(CNC(=O)c1ccccn1)CNC(=O)c1ccccn1. The fraction of sp³-hybridized carbons (Fsp3) is 0.294. The highest BCUT2D eigenvalue weighted by Crippen LogP contribution is 2.12. The van der Waals surface area contributed by atoms with Crippen LogP contribution in [0.2, 0.25) is 0 Å². The van der Waals surface area contributed by atoms with Crippen LogP contribution in [0.5, 0.6) is 0 Å². The number of nitrogens with one attached hydrogen (secondary N) is 2. The minimum Gasteiger partial charge on any atom is -0.350 e. The molecule has 0 fully saturated rings. The molecule has 2 N–H and O–H groups in total. The number of carbonyl (C=O) groups excluding carboxylic acids is 2. The van der Waals surface area contributed by atoms with E-state index in [9.17, 15) is 9.59 Å². The van der Waals surface area contributed by atoms with Gasteiger partial charge in [0.05, 0.1) is 0 Å². The van der Waals surface area contributed by atoms with Crippen LogP contribution in [0, 0.1) is 5.41 Å². The molecule has 6 heteroatoms. The van der Waals surface area contributed by atoms with E-state index < -0.39 is 0 Å². The molecule has 0 aliphatic heterocycles. The van der Waals surface area contributed by atoms with Crippen molar-refractivity contribution < 1.29 is 9.59 Å². The van der Waals surface area contributed by atoms with E-state index in [1.807, 2.05) is 13.8 Å². The molecule has 0 bridgehead atoms. The summed E-state index contributed by atoms with van der Waals surface area (Å²) in [6.45, 7) is 4.77. The van der Waals surface area contributed by atoms with Gasteiger partial charge in [0.2, 0.25) is 0 Å². The molecule has 120 valence electrons. The van der Waals surface area contributed by atoms with Crippen LogP contribution < -0.4 is 10.6 Å². The fourth-order valence-corrected chi connectivity index (χ4v) is 1.88. The Morgan fingerprint density at radius 3 is 1.65 bits per heavy atom. The lowest BCUT2D eigenvalue weighted by molar-refractivity contribution is 0.0914. The Bertz CT molecular complexity index is 599. The number of carbonyl (C=O) groups is 2. The van der Waals surface area contributed by atoms with Gasteiger partial charge in [-0.25, -0.2) is 0 Å². The number of nitrogens with zero attached hydrogens (tertiary/aromatic N) is 2. The van der Waals surface area contributed by atoms with E-state index in [0.29, 0.717) is 24.5 Å². The molecular weight excluding hydrogens is 292 g/mol. The van der Waals surface area contributed by atoms with Crippen molar-refractivity contribution in [2.45, 2.75) is 13.8 Å². The quantitative estimate of drug-likeness (QED) is 0.849. The first kappa shape index (κ1) is 16.6. The van der Waals surface area contributed by atoms with E-state index in [-0.39, 0.29) is 17.2 Å². The maximum absolute atomic E-state index is 12.0. The van der Waals surface area contributed by atoms with Gasteiger partial charge in [-0.1, -0.05) is 26.0 Å². The molecule has 2 aromatic heterocycles. The third-order valence-electron chi connectivity index (χ3n) is 3.25. The summed E-state index contributed by atoms with van der Waals surface area (Å²) < 4.78 is 0. The molecule has 2 aromatic rings. The summed E-state index contributed by atoms with van der Waals surface area (Å²) in [7, 11) is 0. The second kappa shape index (κ2) is 7.49. The van der Waals surface area contributed by atoms with Crippen molar-refractivity contribution in [1.29, 1.82) is 0 Å². The summed E-state index contributed by atoms with van der Waals surface area (Å²) in [4.78, 5) is 32.0. The first-order valence-electron chi connectivity index (χ1n) is 7.36. The second-order valence-electron chi connectivity index (χ2n) is 5.96. The lowest BCUT2D eigenvalue weighted by Gasteiger charge is -2.25. The van der Waals surface area contributed by atoms with Gasteiger partial charge in [0.25, 0.3) is 11.8 Å². The van der Waals surface area contributed by atoms with Gasteiger partial charge in [-0.15, -0.1) is 0 Å². The number of rotatable bonds is 6. The molecule has 0 aliphatic carbocycles. The highest BCUT2D eigenvalue weighted by atomic mass is 16.2. The summed E-state index contributed by atoms with van der Waals surface area (Å²) >= 11 is 0. The largest absolute Gasteiger partial charge is 0.350 e. The Labute approximate surface area is 135 Å². The zero-order chi connectivity index (χ0) is 16.7. The molecule has 0 saturated carbocycles. The summed E-state index contributed by atoms with van der Waals surface area (Å²) in [6, 6.07) is 10.4. The summed E-state index contributed by atoms with van der Waals surface area (Å²) in [5.74, 6) is -0.454. The summed E-state index contributed by atoms with van der Waals surface area (Å²) in [5.41, 5.74) is 0.455. The van der Waals surface area contributed by atoms with Gasteiger partial charge in [-0.05, 0) is 29.7 Å². The third-order valence-corrected chi connectivity index (χ3v) is 3.25. The van der Waals surface area contributed by atoms with Gasteiger partial charge in [-0.3, -0.25) is 19.6 Å². The fourth-order valence-electron chi connectivity index (χ4n) is 1.88. The Morgan fingerprint density at radius 1 is 0.870 bits per heavy atom. The van der Waals surface area contributed by atoms with E-state index >= 15 is 0 Å². The van der Waals surface area contributed by atoms with E-state index in [0.717, 1.165) is 0 Å². The van der Waals surface area contributed by atoms with E-state index in [1.165, 1.54) is 0 Å². The normalized spacial score (nSPS) is 10.9. The molecule has 0 saturated heterocycles. The average molecular weight is 312 g/mol. The van der Waals surface area contributed by atoms with Crippen LogP contribution >= 0.6 is 0 Å². The van der Waals surface area contributed by atoms with Crippen molar-refractivity contribution >= 4 is 11.8 Å². The first-order chi connectivity index (χ1) is 11.0. The van der Waals surface area contributed by atoms with Crippen molar-refractivity contribution in [1.82, 2.24) is 20.6 Å². The minimum absolute atomic E-state index is 0.227. The zero-order valence-electron chi connectivity index (χ0n) is 13.2. The van der Waals surface area contributed by atoms with Crippen molar-refractivity contribution in [3.8, 4) is 0 Å². The number of aromatic nitrogens is 2. The van der Waals surface area contributed by atoms with Gasteiger partial charge >= 0.3 is 0 Å². The molecule has 23 heavy (non-hydrogen) atoms. The zero-order valence-corrected chi connectivity index (χ0v) is 13.2. The van der Waals surface area contributed by atoms with Crippen LogP contribution in [0.3, 0.4) is 0 Å². The molecule has 2 rings (SSSR count). The average Bonchev–Trinajstić information content (AvgIpc) is 2.59. The van der Waals surface area contributed by atoms with Crippen LogP contribution in [0.25, 0.3) is 0 Å². The number of pyridine rings is 2. The molecule has 2 amide bonds. The summed E-state index contributed by atoms with van der Waals surface area (Å²) in [6.07, 6.45) is 3.15. The molecule has 2 heterocycles. The van der Waals surface area contributed by atoms with E-state index in [1.54, 1.807) is 48.8 Å². The Hall–Kier alpha value is -2.76. The van der Waals surface area contributed by atoms with E-state index in [4.69, 9.17) is 0 Å². The predicted octanol–water partition coefficient (Wildman–Crippen LogP) is 1.66. The number of hydrogen-bond donors (Lipinski definition) is 2. The molecule has 0 radical (unpaired) electrons. The maximum atomic E-state index is 12.0. The maximum Gasteiger partial charge on any atom is 0.269 e. The Morgan fingerprint density at radius 2 is 1.30 bits per heavy atom. The smallest absolute Gasteiger partial charge is 0.269 e. The van der Waals surface area contributed by atoms with Crippen LogP contribution in [0.4, 0.5) is 0 Å². The minimum atomic E-state index is -0.297. The summed E-state index contributed by atoms with van der Waals surface area (Å²) in [5, 5.41) is 5.67. The molecule has 6 nitrogen and oxygen atoms in total. The van der Waals surface area contributed by atoms with Crippen molar-refractivity contribution in [2.24, 2.45) is 5.41 Å². The Balaban J connectivity index is 1.82. The highest BCUT2D eigenvalue weighted by molar-refractivity contribution is 5.92. The molecule has 0 spiro atoms. The molecule has 0 unspecified atom stereocenters. The van der Waals surface area contributed by atoms with Crippen molar-refractivity contribution in [3.05, 3.63) is 60.2 Å². The number of amides is 2. The van der Waals surface area contributed by atoms with Crippen LogP contribution in [0.15, 0.2) is 48.8 Å². The van der Waals surface area contributed by atoms with Gasteiger partial charge in [0, 0.05) is 25.5 Å². The Kier molecular flexibility index (Phi) is 5.41. The van der Waals surface area contributed by atoms with Gasteiger partial charge < -0.3 is 10.6 Å². The molecule has 0 aliphatic rings. The van der Waals surface area contributed by atoms with Gasteiger partial charge in [0.1, 0.15) is 11.4 Å². The lowest BCUT2D eigenvalue weighted by atomic mass is 9.93. The number of hydrogen-bond acceptors (Lipinski definition) is 4. The monoisotopic (exact) mass is 312 g/mol. The van der Waals surface area contributed by atoms with Crippen LogP contribution in [-0.2, 0) is 0 Å². The lowest BCUT2D eigenvalue weighted by Crippen LogP contribution is -2.42. The van der Waals surface area contributed by atoms with Crippen molar-refractivity contribution in [2.75, 3.05) is 13.1 Å². The van der Waals surface area contributed by atoms with Gasteiger partial charge in [-0.2, -0.15) is 0 Å².